The summed E-state index contributed by atoms with van der Waals surface area (Å²) in [4.78, 5) is 38.3. The number of hydrogen-bond acceptors (Lipinski definition) is 8. The lowest BCUT2D eigenvalue weighted by Gasteiger charge is -2.37. The minimum Gasteiger partial charge on any atom is -0.495 e. The summed E-state index contributed by atoms with van der Waals surface area (Å²) in [7, 11) is 4.95. The number of anilines is 6. The Bertz CT molecular complexity index is 1550. The first-order valence-electron chi connectivity index (χ1n) is 12.7. The molecule has 0 aliphatic carbocycles. The Morgan fingerprint density at radius 2 is 1.86 bits per heavy atom. The number of fused-ring (bicyclic) bond motifs is 1. The molecule has 3 amide bonds. The summed E-state index contributed by atoms with van der Waals surface area (Å²) >= 11 is 13.5. The van der Waals surface area contributed by atoms with Crippen LogP contribution in [0.3, 0.4) is 0 Å². The van der Waals surface area contributed by atoms with Crippen LogP contribution in [-0.2, 0) is 11.3 Å². The van der Waals surface area contributed by atoms with Crippen molar-refractivity contribution in [2.45, 2.75) is 6.54 Å². The predicted octanol–water partition coefficient (Wildman–Crippen LogP) is 5.94. The highest BCUT2D eigenvalue weighted by Gasteiger charge is 2.36. The number of nitrogens with one attached hydrogen (secondary N) is 4. The van der Waals surface area contributed by atoms with Crippen LogP contribution in [0.4, 0.5) is 39.3 Å². The second kappa shape index (κ2) is 13.3. The van der Waals surface area contributed by atoms with Gasteiger partial charge in [0.1, 0.15) is 16.6 Å². The molecular weight excluding hydrogens is 579 g/mol. The van der Waals surface area contributed by atoms with Gasteiger partial charge < -0.3 is 26.0 Å². The van der Waals surface area contributed by atoms with Crippen LogP contribution in [-0.4, -0.2) is 49.7 Å². The standard InChI is InChI=1S/C29H30Cl2N8O3/c1-6-17(13-32-3)15-39-27-18(14-34-28(37-27)36-20-11-9-8-10-19(20)35-23(40)7-2)16-38(29(39)41)26-24(30)21(33-4)12-22(42-5)25(26)31/h6-14,32-33H,1-2,15-16H2,3-5H3,(H,35,40)(H,34,36,37)/b17-13+. The van der Waals surface area contributed by atoms with E-state index in [2.05, 4.69) is 39.4 Å². The summed E-state index contributed by atoms with van der Waals surface area (Å²) in [5.41, 5.74) is 3.26. The zero-order chi connectivity index (χ0) is 30.4. The average molecular weight is 610 g/mol. The number of halogens is 2. The third kappa shape index (κ3) is 6.12. The van der Waals surface area contributed by atoms with Crippen molar-refractivity contribution >= 4 is 69.7 Å². The topological polar surface area (TPSA) is 124 Å². The van der Waals surface area contributed by atoms with E-state index in [9.17, 15) is 9.59 Å². The molecule has 2 aromatic carbocycles. The molecule has 4 rings (SSSR count). The van der Waals surface area contributed by atoms with Crippen molar-refractivity contribution in [3.8, 4) is 5.75 Å². The molecule has 0 bridgehead atoms. The molecule has 1 aromatic heterocycles. The van der Waals surface area contributed by atoms with E-state index in [0.29, 0.717) is 34.2 Å². The van der Waals surface area contributed by atoms with Crippen LogP contribution in [0, 0.1) is 0 Å². The quantitative estimate of drug-likeness (QED) is 0.156. The van der Waals surface area contributed by atoms with E-state index in [1.807, 2.05) is 0 Å². The van der Waals surface area contributed by atoms with Gasteiger partial charge >= 0.3 is 6.03 Å². The minimum atomic E-state index is -0.422. The van der Waals surface area contributed by atoms with E-state index in [0.717, 1.165) is 5.57 Å². The predicted molar refractivity (Wildman–Crippen MR) is 169 cm³/mol. The number of carbonyl (C=O) groups is 2. The van der Waals surface area contributed by atoms with Gasteiger partial charge in [0.05, 0.1) is 48.0 Å². The highest BCUT2D eigenvalue weighted by molar-refractivity contribution is 6.42. The van der Waals surface area contributed by atoms with Crippen LogP contribution >= 0.6 is 23.2 Å². The van der Waals surface area contributed by atoms with E-state index in [-0.39, 0.29) is 40.7 Å². The monoisotopic (exact) mass is 608 g/mol. The largest absolute Gasteiger partial charge is 0.495 e. The van der Waals surface area contributed by atoms with E-state index >= 15 is 0 Å². The molecule has 0 unspecified atom stereocenters. The van der Waals surface area contributed by atoms with Crippen molar-refractivity contribution in [3.63, 3.8) is 0 Å². The Hall–Kier alpha value is -4.74. The van der Waals surface area contributed by atoms with Crippen LogP contribution in [0.25, 0.3) is 0 Å². The number of hydrogen-bond donors (Lipinski definition) is 4. The molecule has 0 atom stereocenters. The molecule has 11 nitrogen and oxygen atoms in total. The normalized spacial score (nSPS) is 12.8. The molecule has 0 spiro atoms. The van der Waals surface area contributed by atoms with Crippen LogP contribution in [0.5, 0.6) is 5.75 Å². The van der Waals surface area contributed by atoms with Gasteiger partial charge in [0.2, 0.25) is 11.9 Å². The lowest BCUT2D eigenvalue weighted by Crippen LogP contribution is -2.49. The molecule has 0 saturated heterocycles. The number of urea groups is 1. The molecular formula is C29H30Cl2N8O3. The van der Waals surface area contributed by atoms with Crippen LogP contribution in [0.15, 0.2) is 73.6 Å². The number of nitrogens with zero attached hydrogens (tertiary/aromatic N) is 4. The molecule has 218 valence electrons. The van der Waals surface area contributed by atoms with Crippen molar-refractivity contribution in [1.82, 2.24) is 15.3 Å². The fourth-order valence-corrected chi connectivity index (χ4v) is 5.03. The van der Waals surface area contributed by atoms with Crippen molar-refractivity contribution in [2.24, 2.45) is 0 Å². The number of ether oxygens (including phenoxy) is 1. The van der Waals surface area contributed by atoms with Gasteiger partial charge in [-0.15, -0.1) is 0 Å². The molecule has 2 heterocycles. The van der Waals surface area contributed by atoms with Crippen molar-refractivity contribution in [3.05, 3.63) is 89.2 Å². The maximum Gasteiger partial charge on any atom is 0.330 e. The summed E-state index contributed by atoms with van der Waals surface area (Å²) in [6, 6.07) is 8.33. The third-order valence-electron chi connectivity index (χ3n) is 6.34. The number of benzene rings is 2. The first-order chi connectivity index (χ1) is 20.3. The Kier molecular flexibility index (Phi) is 9.56. The lowest BCUT2D eigenvalue weighted by atomic mass is 10.1. The van der Waals surface area contributed by atoms with Gasteiger partial charge in [-0.25, -0.2) is 9.78 Å². The molecule has 0 radical (unpaired) electrons. The van der Waals surface area contributed by atoms with Gasteiger partial charge in [-0.2, -0.15) is 4.98 Å². The third-order valence-corrected chi connectivity index (χ3v) is 7.09. The molecule has 13 heteroatoms. The van der Waals surface area contributed by atoms with E-state index in [4.69, 9.17) is 32.9 Å². The number of amides is 3. The van der Waals surface area contributed by atoms with Gasteiger partial charge in [-0.1, -0.05) is 54.6 Å². The molecule has 4 N–H and O–H groups in total. The molecule has 3 aromatic rings. The number of rotatable bonds is 11. The Labute approximate surface area is 253 Å². The van der Waals surface area contributed by atoms with Gasteiger partial charge in [-0.05, 0) is 23.8 Å². The van der Waals surface area contributed by atoms with Crippen LogP contribution < -0.4 is 35.8 Å². The molecule has 42 heavy (non-hydrogen) atoms. The fraction of sp³-hybridized carbons (Fsp3) is 0.172. The zero-order valence-corrected chi connectivity index (χ0v) is 24.8. The van der Waals surface area contributed by atoms with Crippen molar-refractivity contribution in [1.29, 1.82) is 0 Å². The molecule has 0 saturated carbocycles. The number of aromatic nitrogens is 2. The average Bonchev–Trinajstić information content (AvgIpc) is 2.99. The summed E-state index contributed by atoms with van der Waals surface area (Å²) in [5, 5.41) is 12.3. The van der Waals surface area contributed by atoms with Gasteiger partial charge in [0.25, 0.3) is 0 Å². The van der Waals surface area contributed by atoms with Gasteiger partial charge in [0, 0.05) is 38.1 Å². The van der Waals surface area contributed by atoms with Crippen molar-refractivity contribution in [2.75, 3.05) is 53.5 Å². The van der Waals surface area contributed by atoms with E-state index in [1.54, 1.807) is 62.9 Å². The van der Waals surface area contributed by atoms with Crippen LogP contribution in [0.2, 0.25) is 10.0 Å². The smallest absolute Gasteiger partial charge is 0.330 e. The van der Waals surface area contributed by atoms with E-state index < -0.39 is 6.03 Å². The first-order valence-corrected chi connectivity index (χ1v) is 13.5. The number of carbonyl (C=O) groups excluding carboxylic acids is 2. The highest BCUT2D eigenvalue weighted by atomic mass is 35.5. The number of methoxy groups -OCH3 is 1. The first kappa shape index (κ1) is 30.2. The Morgan fingerprint density at radius 3 is 2.50 bits per heavy atom. The summed E-state index contributed by atoms with van der Waals surface area (Å²) in [6.07, 6.45) is 6.18. The number of para-hydroxylation sites is 2. The van der Waals surface area contributed by atoms with E-state index in [1.165, 1.54) is 23.0 Å². The summed E-state index contributed by atoms with van der Waals surface area (Å²) < 4.78 is 5.46. The maximum absolute atomic E-state index is 14.2. The van der Waals surface area contributed by atoms with Crippen molar-refractivity contribution < 1.29 is 14.3 Å². The minimum absolute atomic E-state index is 0.0891. The SMILES string of the molecule is C=CC(=O)Nc1ccccc1Nc1ncc2c(n1)N(C/C(C=C)=C/NC)C(=O)N(c1c(Cl)c(NC)cc(OC)c1Cl)C2. The lowest BCUT2D eigenvalue weighted by molar-refractivity contribution is -0.111. The summed E-state index contributed by atoms with van der Waals surface area (Å²) in [6.45, 7) is 7.59. The molecule has 1 aliphatic heterocycles. The van der Waals surface area contributed by atoms with Gasteiger partial charge in [-0.3, -0.25) is 14.6 Å². The van der Waals surface area contributed by atoms with Crippen LogP contribution in [0.1, 0.15) is 5.56 Å². The molecule has 0 fully saturated rings. The Balaban J connectivity index is 1.81. The molecule has 1 aliphatic rings. The van der Waals surface area contributed by atoms with Gasteiger partial charge in [0.15, 0.2) is 0 Å². The zero-order valence-electron chi connectivity index (χ0n) is 23.3. The summed E-state index contributed by atoms with van der Waals surface area (Å²) in [5.74, 6) is 0.588. The maximum atomic E-state index is 14.2. The highest BCUT2D eigenvalue weighted by Crippen LogP contribution is 2.47. The second-order valence-electron chi connectivity index (χ2n) is 8.93. The second-order valence-corrected chi connectivity index (χ2v) is 9.68. The Morgan fingerprint density at radius 1 is 1.12 bits per heavy atom. The fourth-order valence-electron chi connectivity index (χ4n) is 4.30.